The number of hydrogen-bond acceptors (Lipinski definition) is 4. The number of alkyl halides is 3. The zero-order valence-electron chi connectivity index (χ0n) is 11.6. The summed E-state index contributed by atoms with van der Waals surface area (Å²) in [6, 6.07) is 6.65. The Balaban J connectivity index is 2.40. The Morgan fingerprint density at radius 1 is 1.35 bits per heavy atom. The van der Waals surface area contributed by atoms with Gasteiger partial charge in [0.25, 0.3) is 0 Å². The number of aryl methyl sites for hydroxylation is 1. The SMILES string of the molecule is Cc1nc2c(cc1C#N)C(O)(C(F)(F)F)Oc1ccc(Cl)cc1-2. The molecule has 2 heterocycles. The van der Waals surface area contributed by atoms with E-state index >= 15 is 0 Å². The minimum atomic E-state index is -5.12. The number of nitriles is 1. The summed E-state index contributed by atoms with van der Waals surface area (Å²) in [5.74, 6) is -3.78. The molecule has 1 N–H and O–H groups in total. The molecule has 0 spiro atoms. The molecule has 1 atom stereocenters. The van der Waals surface area contributed by atoms with Crippen LogP contribution in [0.25, 0.3) is 11.3 Å². The summed E-state index contributed by atoms with van der Waals surface area (Å²) in [5.41, 5.74) is -0.384. The third kappa shape index (κ3) is 2.22. The molecular formula is C15H8ClF3N2O2. The number of halogens is 4. The van der Waals surface area contributed by atoms with Crippen LogP contribution in [0.1, 0.15) is 16.8 Å². The van der Waals surface area contributed by atoms with E-state index in [2.05, 4.69) is 4.98 Å². The van der Waals surface area contributed by atoms with E-state index in [9.17, 15) is 18.3 Å². The first kappa shape index (κ1) is 15.6. The fourth-order valence-electron chi connectivity index (χ4n) is 2.38. The highest BCUT2D eigenvalue weighted by Gasteiger charge is 2.61. The normalized spacial score (nSPS) is 19.3. The molecule has 1 aromatic heterocycles. The van der Waals surface area contributed by atoms with Crippen LogP contribution in [0.4, 0.5) is 13.2 Å². The number of fused-ring (bicyclic) bond motifs is 3. The van der Waals surface area contributed by atoms with Gasteiger partial charge in [-0.05, 0) is 31.2 Å². The predicted molar refractivity (Wildman–Crippen MR) is 74.7 cm³/mol. The lowest BCUT2D eigenvalue weighted by molar-refractivity contribution is -0.345. The third-order valence-electron chi connectivity index (χ3n) is 3.54. The van der Waals surface area contributed by atoms with E-state index < -0.39 is 17.5 Å². The van der Waals surface area contributed by atoms with E-state index in [0.717, 1.165) is 6.07 Å². The van der Waals surface area contributed by atoms with E-state index in [4.69, 9.17) is 21.6 Å². The topological polar surface area (TPSA) is 66.1 Å². The second-order valence-corrected chi connectivity index (χ2v) is 5.45. The van der Waals surface area contributed by atoms with Gasteiger partial charge in [0, 0.05) is 10.6 Å². The highest BCUT2D eigenvalue weighted by atomic mass is 35.5. The van der Waals surface area contributed by atoms with Crippen LogP contribution in [0, 0.1) is 18.3 Å². The first-order valence-corrected chi connectivity index (χ1v) is 6.75. The maximum Gasteiger partial charge on any atom is 0.460 e. The summed E-state index contributed by atoms with van der Waals surface area (Å²) >= 11 is 5.88. The van der Waals surface area contributed by atoms with Crippen molar-refractivity contribution in [1.82, 2.24) is 4.98 Å². The molecule has 1 unspecified atom stereocenters. The van der Waals surface area contributed by atoms with Gasteiger partial charge in [-0.25, -0.2) is 0 Å². The van der Waals surface area contributed by atoms with Gasteiger partial charge in [0.2, 0.25) is 0 Å². The lowest BCUT2D eigenvalue weighted by Gasteiger charge is -2.36. The van der Waals surface area contributed by atoms with Gasteiger partial charge in [0.1, 0.15) is 11.8 Å². The van der Waals surface area contributed by atoms with Gasteiger partial charge in [-0.2, -0.15) is 18.4 Å². The van der Waals surface area contributed by atoms with E-state index in [1.165, 1.54) is 25.1 Å². The van der Waals surface area contributed by atoms with Crippen LogP contribution in [-0.4, -0.2) is 16.3 Å². The lowest BCUT2D eigenvalue weighted by Crippen LogP contribution is -2.49. The van der Waals surface area contributed by atoms with Crippen LogP contribution in [0.15, 0.2) is 24.3 Å². The molecule has 8 heteroatoms. The second-order valence-electron chi connectivity index (χ2n) is 5.01. The van der Waals surface area contributed by atoms with Gasteiger partial charge in [-0.1, -0.05) is 11.6 Å². The van der Waals surface area contributed by atoms with Gasteiger partial charge >= 0.3 is 12.0 Å². The number of benzene rings is 1. The van der Waals surface area contributed by atoms with Crippen molar-refractivity contribution >= 4 is 11.6 Å². The minimum absolute atomic E-state index is 0.0829. The number of rotatable bonds is 0. The molecule has 0 amide bonds. The lowest BCUT2D eigenvalue weighted by atomic mass is 9.92. The Morgan fingerprint density at radius 2 is 2.04 bits per heavy atom. The van der Waals surface area contributed by atoms with Crippen LogP contribution in [0.5, 0.6) is 5.75 Å². The molecule has 23 heavy (non-hydrogen) atoms. The molecule has 1 aromatic carbocycles. The maximum atomic E-state index is 13.4. The van der Waals surface area contributed by atoms with E-state index in [-0.39, 0.29) is 33.3 Å². The third-order valence-corrected chi connectivity index (χ3v) is 3.77. The van der Waals surface area contributed by atoms with Crippen LogP contribution in [-0.2, 0) is 5.79 Å². The van der Waals surface area contributed by atoms with E-state index in [1.54, 1.807) is 6.07 Å². The molecule has 1 aliphatic heterocycles. The first-order valence-electron chi connectivity index (χ1n) is 6.37. The number of aromatic nitrogens is 1. The van der Waals surface area contributed by atoms with Crippen molar-refractivity contribution in [2.45, 2.75) is 18.9 Å². The van der Waals surface area contributed by atoms with Gasteiger partial charge in [0.05, 0.1) is 22.5 Å². The Kier molecular flexibility index (Phi) is 3.29. The summed E-state index contributed by atoms with van der Waals surface area (Å²) in [4.78, 5) is 4.05. The molecule has 118 valence electrons. The Bertz CT molecular complexity index is 861. The van der Waals surface area contributed by atoms with Crippen LogP contribution >= 0.6 is 11.6 Å². The molecule has 0 saturated carbocycles. The van der Waals surface area contributed by atoms with Crippen LogP contribution < -0.4 is 4.74 Å². The average Bonchev–Trinajstić information content (AvgIpc) is 2.46. The molecule has 0 aliphatic carbocycles. The molecule has 0 radical (unpaired) electrons. The van der Waals surface area contributed by atoms with Crippen molar-refractivity contribution in [3.05, 3.63) is 46.1 Å². The highest BCUT2D eigenvalue weighted by molar-refractivity contribution is 6.31. The molecule has 0 fully saturated rings. The van der Waals surface area contributed by atoms with E-state index in [0.29, 0.717) is 0 Å². The average molecular weight is 341 g/mol. The van der Waals surface area contributed by atoms with Crippen LogP contribution in [0.3, 0.4) is 0 Å². The Hall–Kier alpha value is -2.30. The molecule has 0 bridgehead atoms. The predicted octanol–water partition coefficient (Wildman–Crippen LogP) is 3.68. The van der Waals surface area contributed by atoms with Crippen molar-refractivity contribution in [1.29, 1.82) is 5.26 Å². The van der Waals surface area contributed by atoms with Crippen molar-refractivity contribution in [2.24, 2.45) is 0 Å². The van der Waals surface area contributed by atoms with Gasteiger partial charge < -0.3 is 9.84 Å². The summed E-state index contributed by atoms with van der Waals surface area (Å²) in [6.45, 7) is 1.49. The fraction of sp³-hybridized carbons (Fsp3) is 0.200. The van der Waals surface area contributed by atoms with Crippen LogP contribution in [0.2, 0.25) is 5.02 Å². The molecule has 3 rings (SSSR count). The summed E-state index contributed by atoms with van der Waals surface area (Å²) in [6.07, 6.45) is -5.12. The number of pyridine rings is 1. The highest BCUT2D eigenvalue weighted by Crippen LogP contribution is 2.50. The maximum absolute atomic E-state index is 13.4. The van der Waals surface area contributed by atoms with Gasteiger partial charge in [-0.3, -0.25) is 4.98 Å². The van der Waals surface area contributed by atoms with Crippen molar-refractivity contribution in [3.8, 4) is 23.1 Å². The molecular weight excluding hydrogens is 333 g/mol. The molecule has 1 aliphatic rings. The smallest absolute Gasteiger partial charge is 0.449 e. The number of aliphatic hydroxyl groups is 1. The minimum Gasteiger partial charge on any atom is -0.449 e. The zero-order chi connectivity index (χ0) is 17.0. The quantitative estimate of drug-likeness (QED) is 0.794. The Morgan fingerprint density at radius 3 is 2.65 bits per heavy atom. The molecule has 4 nitrogen and oxygen atoms in total. The standard InChI is InChI=1S/C15H8ClF3N2O2/c1-7-8(6-20)4-11-13(21-7)10-5-9(16)2-3-12(10)23-14(11,22)15(17,18)19/h2-5,22H,1H3. The molecule has 0 saturated heterocycles. The van der Waals surface area contributed by atoms with Gasteiger partial charge in [0.15, 0.2) is 0 Å². The summed E-state index contributed by atoms with van der Waals surface area (Å²) < 4.78 is 45.0. The zero-order valence-corrected chi connectivity index (χ0v) is 12.3. The fourth-order valence-corrected chi connectivity index (χ4v) is 2.56. The largest absolute Gasteiger partial charge is 0.460 e. The van der Waals surface area contributed by atoms with Crippen molar-refractivity contribution in [3.63, 3.8) is 0 Å². The molecule has 2 aromatic rings. The van der Waals surface area contributed by atoms with Crippen molar-refractivity contribution in [2.75, 3.05) is 0 Å². The van der Waals surface area contributed by atoms with E-state index in [1.807, 2.05) is 0 Å². The monoisotopic (exact) mass is 340 g/mol. The van der Waals surface area contributed by atoms with Crippen molar-refractivity contribution < 1.29 is 23.0 Å². The number of nitrogens with zero attached hydrogens (tertiary/aromatic N) is 2. The Labute approximate surface area is 133 Å². The summed E-state index contributed by atoms with van der Waals surface area (Å²) in [7, 11) is 0. The first-order chi connectivity index (χ1) is 10.7. The van der Waals surface area contributed by atoms with Gasteiger partial charge in [-0.15, -0.1) is 0 Å². The number of ether oxygens (including phenoxy) is 1. The summed E-state index contributed by atoms with van der Waals surface area (Å²) in [5, 5.41) is 19.5. The number of hydrogen-bond donors (Lipinski definition) is 1. The second kappa shape index (κ2) is 4.85.